The van der Waals surface area contributed by atoms with E-state index >= 15 is 0 Å². The van der Waals surface area contributed by atoms with E-state index in [1.807, 2.05) is 0 Å². The van der Waals surface area contributed by atoms with Crippen LogP contribution in [0.1, 0.15) is 39.5 Å². The molecular formula is C12H21N3OS. The van der Waals surface area contributed by atoms with Crippen LogP contribution in [0, 0.1) is 10.8 Å². The molecule has 0 radical (unpaired) electrons. The fourth-order valence-electron chi connectivity index (χ4n) is 3.02. The molecule has 5 heteroatoms. The number of nitrogens with two attached hydrogens (primary N) is 1. The predicted octanol–water partition coefficient (Wildman–Crippen LogP) is 1.79. The molecule has 2 rings (SSSR count). The maximum absolute atomic E-state index is 5.98. The van der Waals surface area contributed by atoms with Gasteiger partial charge < -0.3 is 5.73 Å². The minimum absolute atomic E-state index is 0.176. The Hall–Kier alpha value is -0.520. The molecule has 1 aliphatic carbocycles. The monoisotopic (exact) mass is 255 g/mol. The number of nitrogens with zero attached hydrogens (tertiary/aromatic N) is 1. The van der Waals surface area contributed by atoms with Gasteiger partial charge in [0.05, 0.1) is 0 Å². The predicted molar refractivity (Wildman–Crippen MR) is 72.8 cm³/mol. The molecule has 1 aliphatic heterocycles. The Morgan fingerprint density at radius 3 is 2.82 bits per heavy atom. The first-order chi connectivity index (χ1) is 7.99. The Balaban J connectivity index is 2.04. The van der Waals surface area contributed by atoms with Crippen LogP contribution in [-0.4, -0.2) is 24.0 Å². The zero-order chi connectivity index (χ0) is 12.5. The number of nitrogens with one attached hydrogen (secondary N) is 1. The largest absolute Gasteiger partial charge is 0.330 e. The zero-order valence-corrected chi connectivity index (χ0v) is 11.3. The van der Waals surface area contributed by atoms with Crippen molar-refractivity contribution in [1.82, 2.24) is 5.48 Å². The fraction of sp³-hybridized carbons (Fsp3) is 0.833. The van der Waals surface area contributed by atoms with Crippen LogP contribution in [0.15, 0.2) is 4.99 Å². The highest BCUT2D eigenvalue weighted by atomic mass is 32.1. The van der Waals surface area contributed by atoms with Gasteiger partial charge in [-0.15, -0.1) is 0 Å². The summed E-state index contributed by atoms with van der Waals surface area (Å²) in [5.74, 6) is 0.888. The van der Waals surface area contributed by atoms with E-state index in [9.17, 15) is 0 Å². The Morgan fingerprint density at radius 2 is 2.35 bits per heavy atom. The first-order valence-corrected chi connectivity index (χ1v) is 6.60. The Bertz CT molecular complexity index is 343. The van der Waals surface area contributed by atoms with E-state index in [0.29, 0.717) is 12.0 Å². The van der Waals surface area contributed by atoms with Gasteiger partial charge in [0.1, 0.15) is 5.84 Å². The molecule has 0 spiro atoms. The summed E-state index contributed by atoms with van der Waals surface area (Å²) in [6.45, 7) is 5.33. The maximum Gasteiger partial charge on any atom is 0.205 e. The summed E-state index contributed by atoms with van der Waals surface area (Å²) in [4.78, 5) is 9.59. The van der Waals surface area contributed by atoms with E-state index in [0.717, 1.165) is 18.7 Å². The topological polar surface area (TPSA) is 59.6 Å². The van der Waals surface area contributed by atoms with Crippen LogP contribution in [0.2, 0.25) is 0 Å². The third-order valence-corrected chi connectivity index (χ3v) is 4.09. The Labute approximate surface area is 108 Å². The van der Waals surface area contributed by atoms with Gasteiger partial charge in [-0.1, -0.05) is 26.1 Å². The van der Waals surface area contributed by atoms with Crippen LogP contribution in [0.3, 0.4) is 0 Å². The average molecular weight is 255 g/mol. The highest BCUT2D eigenvalue weighted by molar-refractivity contribution is 7.79. The molecule has 0 bridgehead atoms. The molecule has 17 heavy (non-hydrogen) atoms. The van der Waals surface area contributed by atoms with E-state index in [2.05, 4.69) is 24.3 Å². The van der Waals surface area contributed by atoms with Gasteiger partial charge in [0, 0.05) is 11.8 Å². The second-order valence-corrected chi connectivity index (χ2v) is 6.32. The number of amidine groups is 1. The summed E-state index contributed by atoms with van der Waals surface area (Å²) in [6, 6.07) is 0. The van der Waals surface area contributed by atoms with Crippen LogP contribution in [0.5, 0.6) is 0 Å². The Kier molecular flexibility index (Phi) is 3.52. The summed E-state index contributed by atoms with van der Waals surface area (Å²) in [5.41, 5.74) is 9.42. The Morgan fingerprint density at radius 1 is 1.59 bits per heavy atom. The number of thiocarbonyl (C=S) groups is 1. The lowest BCUT2D eigenvalue weighted by Crippen LogP contribution is -2.34. The van der Waals surface area contributed by atoms with Crippen molar-refractivity contribution in [3.63, 3.8) is 0 Å². The molecule has 1 saturated carbocycles. The lowest BCUT2D eigenvalue weighted by atomic mass is 9.79. The van der Waals surface area contributed by atoms with Gasteiger partial charge >= 0.3 is 0 Å². The summed E-state index contributed by atoms with van der Waals surface area (Å²) in [7, 11) is 0. The van der Waals surface area contributed by atoms with Gasteiger partial charge in [0.25, 0.3) is 0 Å². The number of hydroxylamine groups is 1. The van der Waals surface area contributed by atoms with Crippen LogP contribution in [-0.2, 0) is 4.84 Å². The van der Waals surface area contributed by atoms with Crippen molar-refractivity contribution in [1.29, 1.82) is 0 Å². The molecule has 0 amide bonds. The van der Waals surface area contributed by atoms with E-state index in [1.54, 1.807) is 0 Å². The molecule has 3 N–H and O–H groups in total. The lowest BCUT2D eigenvalue weighted by molar-refractivity contribution is 0.0810. The molecule has 0 aromatic rings. The van der Waals surface area contributed by atoms with Crippen molar-refractivity contribution >= 4 is 23.4 Å². The minimum atomic E-state index is -0.316. The minimum Gasteiger partial charge on any atom is -0.330 e. The van der Waals surface area contributed by atoms with Crippen molar-refractivity contribution in [3.05, 3.63) is 0 Å². The first kappa shape index (κ1) is 12.9. The van der Waals surface area contributed by atoms with Gasteiger partial charge in [0.2, 0.25) is 6.23 Å². The molecule has 4 nitrogen and oxygen atoms in total. The molecule has 96 valence electrons. The summed E-state index contributed by atoms with van der Waals surface area (Å²) in [5, 5.41) is 1.52. The number of hydrogen-bond donors (Lipinski definition) is 2. The second kappa shape index (κ2) is 4.63. The first-order valence-electron chi connectivity index (χ1n) is 6.12. The molecule has 0 saturated heterocycles. The summed E-state index contributed by atoms with van der Waals surface area (Å²) in [6.07, 6.45) is 4.10. The van der Waals surface area contributed by atoms with Gasteiger partial charge in [-0.3, -0.25) is 5.48 Å². The molecule has 2 atom stereocenters. The standard InChI is InChI=1S/C12H21N3OS/c1-11(2)3-4-12(7-11,8-13)5-9-14-10(6-17)16-15-9/h6,10H,3-5,7-8,13H2,1-2H3,(H,14,15)/t10-,12?/m1/s1. The molecule has 1 fully saturated rings. The van der Waals surface area contributed by atoms with Crippen molar-refractivity contribution in [2.75, 3.05) is 6.54 Å². The van der Waals surface area contributed by atoms with Crippen molar-refractivity contribution in [3.8, 4) is 0 Å². The smallest absolute Gasteiger partial charge is 0.205 e. The van der Waals surface area contributed by atoms with Gasteiger partial charge in [-0.2, -0.15) is 0 Å². The van der Waals surface area contributed by atoms with Gasteiger partial charge in [-0.05, 0) is 36.6 Å². The molecule has 1 unspecified atom stereocenters. The van der Waals surface area contributed by atoms with Crippen molar-refractivity contribution in [2.45, 2.75) is 45.8 Å². The lowest BCUT2D eigenvalue weighted by Gasteiger charge is -2.29. The molecule has 1 heterocycles. The number of hydrogen-bond acceptors (Lipinski definition) is 5. The normalized spacial score (nSPS) is 35.5. The molecule has 0 aromatic carbocycles. The van der Waals surface area contributed by atoms with Gasteiger partial charge in [0.15, 0.2) is 0 Å². The molecular weight excluding hydrogens is 234 g/mol. The van der Waals surface area contributed by atoms with E-state index in [4.69, 9.17) is 22.8 Å². The van der Waals surface area contributed by atoms with Crippen molar-refractivity contribution in [2.24, 2.45) is 21.6 Å². The number of aliphatic imine (C=N–C) groups is 1. The fourth-order valence-corrected chi connectivity index (χ4v) is 3.14. The molecule has 2 aliphatic rings. The SMILES string of the molecule is CC1(C)CCC(CN)(CC2=N[C@@H](C=S)ON2)C1. The third kappa shape index (κ3) is 2.84. The van der Waals surface area contributed by atoms with Crippen LogP contribution < -0.4 is 11.2 Å². The van der Waals surface area contributed by atoms with E-state index in [-0.39, 0.29) is 11.6 Å². The number of rotatable bonds is 4. The van der Waals surface area contributed by atoms with Crippen LogP contribution >= 0.6 is 12.2 Å². The highest BCUT2D eigenvalue weighted by Gasteiger charge is 2.43. The van der Waals surface area contributed by atoms with E-state index in [1.165, 1.54) is 18.2 Å². The summed E-state index contributed by atoms with van der Waals surface area (Å²) >= 11 is 4.82. The van der Waals surface area contributed by atoms with Crippen LogP contribution in [0.4, 0.5) is 0 Å². The third-order valence-electron chi connectivity index (χ3n) is 3.86. The van der Waals surface area contributed by atoms with Crippen LogP contribution in [0.25, 0.3) is 0 Å². The average Bonchev–Trinajstić information content (AvgIpc) is 2.84. The second-order valence-electron chi connectivity index (χ2n) is 6.04. The maximum atomic E-state index is 5.98. The molecule has 0 aromatic heterocycles. The summed E-state index contributed by atoms with van der Waals surface area (Å²) < 4.78 is 0. The quantitative estimate of drug-likeness (QED) is 0.752. The zero-order valence-electron chi connectivity index (χ0n) is 10.5. The highest BCUT2D eigenvalue weighted by Crippen LogP contribution is 2.50. The van der Waals surface area contributed by atoms with E-state index < -0.39 is 0 Å². The van der Waals surface area contributed by atoms with Crippen molar-refractivity contribution < 1.29 is 4.84 Å². The van der Waals surface area contributed by atoms with Gasteiger partial charge in [-0.25, -0.2) is 9.83 Å².